The van der Waals surface area contributed by atoms with Gasteiger partial charge in [0, 0.05) is 13.1 Å². The van der Waals surface area contributed by atoms with E-state index in [1.165, 1.54) is 0 Å². The van der Waals surface area contributed by atoms with Crippen molar-refractivity contribution >= 4 is 0 Å². The maximum atomic E-state index is 10.8. The second kappa shape index (κ2) is 12.9. The Morgan fingerprint density at radius 3 is 2.08 bits per heavy atom. The van der Waals surface area contributed by atoms with E-state index >= 15 is 0 Å². The molecule has 1 atom stereocenters. The minimum Gasteiger partial charge on any atom is -0.491 e. The van der Waals surface area contributed by atoms with E-state index in [-0.39, 0.29) is 6.61 Å². The van der Waals surface area contributed by atoms with Gasteiger partial charge in [0.25, 0.3) is 0 Å². The van der Waals surface area contributed by atoms with Gasteiger partial charge < -0.3 is 14.6 Å². The first-order valence-corrected chi connectivity index (χ1v) is 12.6. The lowest BCUT2D eigenvalue weighted by atomic mass is 10.1. The molecule has 0 saturated heterocycles. The molecule has 0 radical (unpaired) electrons. The van der Waals surface area contributed by atoms with Crippen molar-refractivity contribution in [2.24, 2.45) is 0 Å². The fraction of sp³-hybridized carbons (Fsp3) is 0.300. The van der Waals surface area contributed by atoms with Crippen LogP contribution in [0.2, 0.25) is 0 Å². The van der Waals surface area contributed by atoms with E-state index in [4.69, 9.17) is 14.6 Å². The fourth-order valence-electron chi connectivity index (χ4n) is 4.20. The molecule has 1 unspecified atom stereocenters. The van der Waals surface area contributed by atoms with Crippen molar-refractivity contribution in [3.05, 3.63) is 102 Å². The van der Waals surface area contributed by atoms with Crippen molar-refractivity contribution in [3.63, 3.8) is 0 Å². The number of para-hydroxylation sites is 3. The van der Waals surface area contributed by atoms with Gasteiger partial charge in [-0.05, 0) is 55.8 Å². The molecule has 0 amide bonds. The molecule has 0 saturated carbocycles. The van der Waals surface area contributed by atoms with Gasteiger partial charge in [0.2, 0.25) is 5.88 Å². The van der Waals surface area contributed by atoms with Gasteiger partial charge in [0.1, 0.15) is 24.2 Å². The van der Waals surface area contributed by atoms with Gasteiger partial charge in [-0.3, -0.25) is 4.90 Å². The van der Waals surface area contributed by atoms with Crippen molar-refractivity contribution in [1.29, 1.82) is 0 Å². The molecule has 4 aromatic rings. The number of hydrogen-bond acceptors (Lipinski definition) is 5. The summed E-state index contributed by atoms with van der Waals surface area (Å²) >= 11 is 0. The molecule has 0 aliphatic heterocycles. The highest BCUT2D eigenvalue weighted by Gasteiger charge is 2.23. The van der Waals surface area contributed by atoms with E-state index in [0.717, 1.165) is 47.8 Å². The molecule has 6 heteroatoms. The molecule has 36 heavy (non-hydrogen) atoms. The Morgan fingerprint density at radius 1 is 0.861 bits per heavy atom. The predicted octanol–water partition coefficient (Wildman–Crippen LogP) is 5.88. The Bertz CT molecular complexity index is 1180. The van der Waals surface area contributed by atoms with E-state index in [2.05, 4.69) is 18.7 Å². The number of rotatable bonds is 13. The van der Waals surface area contributed by atoms with Crippen LogP contribution in [0, 0.1) is 0 Å². The SMILES string of the molecule is CCCN(Cc1c(CC)nn(-c2ccccc2)c1Oc1ccccc1)CC(O)COc1ccccc1. The zero-order valence-corrected chi connectivity index (χ0v) is 21.1. The minimum atomic E-state index is -0.621. The van der Waals surface area contributed by atoms with Gasteiger partial charge in [-0.1, -0.05) is 68.4 Å². The molecule has 1 aromatic heterocycles. The third kappa shape index (κ3) is 6.74. The lowest BCUT2D eigenvalue weighted by molar-refractivity contribution is 0.0653. The Labute approximate surface area is 213 Å². The predicted molar refractivity (Wildman–Crippen MR) is 143 cm³/mol. The number of aliphatic hydroxyl groups is 1. The molecule has 188 valence electrons. The molecular formula is C30H35N3O3. The van der Waals surface area contributed by atoms with Crippen LogP contribution in [0.1, 0.15) is 31.5 Å². The summed E-state index contributed by atoms with van der Waals surface area (Å²) in [5.41, 5.74) is 2.97. The molecule has 0 fully saturated rings. The van der Waals surface area contributed by atoms with Crippen LogP contribution in [0.25, 0.3) is 5.69 Å². The van der Waals surface area contributed by atoms with Gasteiger partial charge >= 0.3 is 0 Å². The van der Waals surface area contributed by atoms with E-state index in [1.54, 1.807) is 0 Å². The molecular weight excluding hydrogens is 450 g/mol. The quantitative estimate of drug-likeness (QED) is 0.256. The van der Waals surface area contributed by atoms with Crippen LogP contribution in [-0.4, -0.2) is 45.6 Å². The fourth-order valence-corrected chi connectivity index (χ4v) is 4.20. The van der Waals surface area contributed by atoms with E-state index in [9.17, 15) is 5.11 Å². The molecule has 0 aliphatic carbocycles. The highest BCUT2D eigenvalue weighted by molar-refractivity contribution is 5.43. The van der Waals surface area contributed by atoms with Gasteiger partial charge in [0.05, 0.1) is 16.9 Å². The summed E-state index contributed by atoms with van der Waals surface area (Å²) in [7, 11) is 0. The molecule has 3 aromatic carbocycles. The first-order valence-electron chi connectivity index (χ1n) is 12.6. The standard InChI is InChI=1S/C30H35N3O3/c1-3-20-32(21-25(34)23-35-26-16-10-6-11-17-26)22-28-29(4-2)31-33(24-14-8-5-9-15-24)30(28)36-27-18-12-7-13-19-27/h5-19,25,34H,3-4,20-23H2,1-2H3. The Hall–Kier alpha value is -3.61. The lowest BCUT2D eigenvalue weighted by Gasteiger charge is -2.25. The number of aromatic nitrogens is 2. The summed E-state index contributed by atoms with van der Waals surface area (Å²) < 4.78 is 14.1. The molecule has 0 aliphatic rings. The van der Waals surface area contributed by atoms with Crippen LogP contribution in [0.3, 0.4) is 0 Å². The zero-order valence-electron chi connectivity index (χ0n) is 21.1. The van der Waals surface area contributed by atoms with Crippen LogP contribution in [0.15, 0.2) is 91.0 Å². The third-order valence-electron chi connectivity index (χ3n) is 5.89. The van der Waals surface area contributed by atoms with Crippen molar-refractivity contribution in [3.8, 4) is 23.1 Å². The van der Waals surface area contributed by atoms with Crippen LogP contribution in [-0.2, 0) is 13.0 Å². The Kier molecular flexibility index (Phi) is 9.14. The zero-order chi connectivity index (χ0) is 25.2. The largest absolute Gasteiger partial charge is 0.491 e. The second-order valence-corrected chi connectivity index (χ2v) is 8.76. The highest BCUT2D eigenvalue weighted by atomic mass is 16.5. The number of nitrogens with zero attached hydrogens (tertiary/aromatic N) is 3. The Balaban J connectivity index is 1.59. The Morgan fingerprint density at radius 2 is 1.47 bits per heavy atom. The van der Waals surface area contributed by atoms with Gasteiger partial charge in [-0.15, -0.1) is 0 Å². The summed E-state index contributed by atoms with van der Waals surface area (Å²) in [5.74, 6) is 2.23. The average Bonchev–Trinajstić information content (AvgIpc) is 3.26. The van der Waals surface area contributed by atoms with Crippen molar-refractivity contribution < 1.29 is 14.6 Å². The van der Waals surface area contributed by atoms with Gasteiger partial charge in [-0.25, -0.2) is 4.68 Å². The first-order chi connectivity index (χ1) is 17.7. The molecule has 6 nitrogen and oxygen atoms in total. The van der Waals surface area contributed by atoms with Crippen LogP contribution in [0.4, 0.5) is 0 Å². The number of ether oxygens (including phenoxy) is 2. The van der Waals surface area contributed by atoms with Crippen molar-refractivity contribution in [2.45, 2.75) is 39.3 Å². The van der Waals surface area contributed by atoms with Crippen LogP contribution in [0.5, 0.6) is 17.4 Å². The van der Waals surface area contributed by atoms with Crippen LogP contribution < -0.4 is 9.47 Å². The van der Waals surface area contributed by atoms with E-state index < -0.39 is 6.10 Å². The molecule has 1 N–H and O–H groups in total. The molecule has 4 rings (SSSR count). The normalized spacial score (nSPS) is 12.0. The third-order valence-corrected chi connectivity index (χ3v) is 5.89. The number of benzene rings is 3. The van der Waals surface area contributed by atoms with E-state index in [0.29, 0.717) is 19.0 Å². The van der Waals surface area contributed by atoms with Crippen molar-refractivity contribution in [1.82, 2.24) is 14.7 Å². The smallest absolute Gasteiger partial charge is 0.227 e. The number of aliphatic hydroxyl groups excluding tert-OH is 1. The lowest BCUT2D eigenvalue weighted by Crippen LogP contribution is -2.36. The summed E-state index contributed by atoms with van der Waals surface area (Å²) in [5, 5.41) is 15.7. The maximum absolute atomic E-state index is 10.8. The molecule has 0 spiro atoms. The van der Waals surface area contributed by atoms with Gasteiger partial charge in [0.15, 0.2) is 0 Å². The monoisotopic (exact) mass is 485 g/mol. The van der Waals surface area contributed by atoms with Crippen LogP contribution >= 0.6 is 0 Å². The van der Waals surface area contributed by atoms with Gasteiger partial charge in [-0.2, -0.15) is 5.10 Å². The summed E-state index contributed by atoms with van der Waals surface area (Å²) in [6.45, 7) is 6.45. The highest BCUT2D eigenvalue weighted by Crippen LogP contribution is 2.32. The minimum absolute atomic E-state index is 0.238. The average molecular weight is 486 g/mol. The second-order valence-electron chi connectivity index (χ2n) is 8.76. The first kappa shape index (κ1) is 25.5. The maximum Gasteiger partial charge on any atom is 0.227 e. The number of aryl methyl sites for hydroxylation is 1. The van der Waals surface area contributed by atoms with E-state index in [1.807, 2.05) is 95.7 Å². The van der Waals surface area contributed by atoms with Crippen molar-refractivity contribution in [2.75, 3.05) is 19.7 Å². The summed E-state index contributed by atoms with van der Waals surface area (Å²) in [6, 6.07) is 29.5. The molecule has 1 heterocycles. The topological polar surface area (TPSA) is 59.8 Å². The number of hydrogen-bond donors (Lipinski definition) is 1. The summed E-state index contributed by atoms with van der Waals surface area (Å²) in [4.78, 5) is 2.25. The molecule has 0 bridgehead atoms. The summed E-state index contributed by atoms with van der Waals surface area (Å²) in [6.07, 6.45) is 1.12.